The van der Waals surface area contributed by atoms with Gasteiger partial charge in [0.15, 0.2) is 0 Å². The minimum atomic E-state index is 0.727. The van der Waals surface area contributed by atoms with E-state index in [0.29, 0.717) is 0 Å². The van der Waals surface area contributed by atoms with Gasteiger partial charge in [-0.2, -0.15) is 0 Å². The van der Waals surface area contributed by atoms with Crippen molar-refractivity contribution in [1.82, 2.24) is 10.2 Å². The van der Waals surface area contributed by atoms with Crippen LogP contribution in [0.4, 0.5) is 0 Å². The van der Waals surface area contributed by atoms with Gasteiger partial charge in [-0.3, -0.25) is 4.90 Å². The molecule has 0 aliphatic carbocycles. The van der Waals surface area contributed by atoms with Gasteiger partial charge in [0.1, 0.15) is 0 Å². The fourth-order valence-electron chi connectivity index (χ4n) is 2.72. The van der Waals surface area contributed by atoms with Gasteiger partial charge in [0.05, 0.1) is 0 Å². The summed E-state index contributed by atoms with van der Waals surface area (Å²) < 4.78 is 0. The highest BCUT2D eigenvalue weighted by Crippen LogP contribution is 2.18. The Balaban J connectivity index is 2.00. The monoisotopic (exact) mass is 266 g/mol. The Hall–Kier alpha value is -0.570. The molecule has 0 radical (unpaired) electrons. The third-order valence-electron chi connectivity index (χ3n) is 3.61. The van der Waals surface area contributed by atoms with Crippen molar-refractivity contribution in [3.05, 3.63) is 34.9 Å². The molecule has 1 saturated heterocycles. The molecule has 3 heteroatoms. The van der Waals surface area contributed by atoms with E-state index < -0.39 is 0 Å². The second-order valence-electron chi connectivity index (χ2n) is 5.08. The lowest BCUT2D eigenvalue weighted by atomic mass is 10.0. The smallest absolute Gasteiger partial charge is 0.0409 e. The molecule has 0 amide bonds. The molecule has 1 aromatic carbocycles. The fraction of sp³-hybridized carbons (Fsp3) is 0.600. The Kier molecular flexibility index (Phi) is 5.48. The lowest BCUT2D eigenvalue weighted by molar-refractivity contribution is 0.154. The quantitative estimate of drug-likeness (QED) is 0.880. The van der Waals surface area contributed by atoms with E-state index in [4.69, 9.17) is 11.6 Å². The largest absolute Gasteiger partial charge is 0.317 e. The summed E-state index contributed by atoms with van der Waals surface area (Å²) in [6, 6.07) is 8.98. The zero-order valence-corrected chi connectivity index (χ0v) is 11.9. The molecule has 0 atom stereocenters. The van der Waals surface area contributed by atoms with Crippen molar-refractivity contribution < 1.29 is 0 Å². The molecule has 1 fully saturated rings. The predicted octanol–water partition coefficient (Wildman–Crippen LogP) is 3.30. The first kappa shape index (κ1) is 13.9. The normalized spacial score (nSPS) is 17.3. The van der Waals surface area contributed by atoms with Crippen LogP contribution in [-0.2, 0) is 6.54 Å². The summed E-state index contributed by atoms with van der Waals surface area (Å²) in [5.41, 5.74) is 1.33. The molecular formula is C15H23ClN2. The maximum absolute atomic E-state index is 6.06. The predicted molar refractivity (Wildman–Crippen MR) is 78.0 cm³/mol. The standard InChI is InChI=1S/C15H23ClN2/c1-2-10-18(15-6-8-17-9-7-15)12-13-4-3-5-14(16)11-13/h3-5,11,15,17H,2,6-10,12H2,1H3. The molecule has 0 bridgehead atoms. The summed E-state index contributed by atoms with van der Waals surface area (Å²) in [7, 11) is 0. The van der Waals surface area contributed by atoms with Gasteiger partial charge >= 0.3 is 0 Å². The van der Waals surface area contributed by atoms with E-state index in [9.17, 15) is 0 Å². The summed E-state index contributed by atoms with van der Waals surface area (Å²) in [5, 5.41) is 4.28. The van der Waals surface area contributed by atoms with Crippen LogP contribution < -0.4 is 5.32 Å². The van der Waals surface area contributed by atoms with Crippen LogP contribution in [0, 0.1) is 0 Å². The molecule has 0 saturated carbocycles. The molecule has 100 valence electrons. The molecule has 1 heterocycles. The van der Waals surface area contributed by atoms with E-state index >= 15 is 0 Å². The van der Waals surface area contributed by atoms with Crippen molar-refractivity contribution in [3.8, 4) is 0 Å². The second-order valence-corrected chi connectivity index (χ2v) is 5.52. The first-order valence-corrected chi connectivity index (χ1v) is 7.36. The molecule has 1 aliphatic rings. The highest BCUT2D eigenvalue weighted by atomic mass is 35.5. The van der Waals surface area contributed by atoms with Crippen LogP contribution in [0.15, 0.2) is 24.3 Å². The number of nitrogens with one attached hydrogen (secondary N) is 1. The lowest BCUT2D eigenvalue weighted by Gasteiger charge is -2.34. The number of halogens is 1. The molecular weight excluding hydrogens is 244 g/mol. The molecule has 2 nitrogen and oxygen atoms in total. The summed E-state index contributed by atoms with van der Waals surface area (Å²) in [6.07, 6.45) is 3.74. The van der Waals surface area contributed by atoms with Crippen LogP contribution in [0.1, 0.15) is 31.7 Å². The average molecular weight is 267 g/mol. The number of hydrogen-bond donors (Lipinski definition) is 1. The molecule has 0 spiro atoms. The van der Waals surface area contributed by atoms with Crippen LogP contribution in [0.2, 0.25) is 5.02 Å². The van der Waals surface area contributed by atoms with E-state index in [0.717, 1.165) is 30.7 Å². The van der Waals surface area contributed by atoms with Crippen molar-refractivity contribution in [2.75, 3.05) is 19.6 Å². The highest BCUT2D eigenvalue weighted by Gasteiger charge is 2.20. The zero-order chi connectivity index (χ0) is 12.8. The molecule has 0 unspecified atom stereocenters. The van der Waals surface area contributed by atoms with Crippen molar-refractivity contribution >= 4 is 11.6 Å². The highest BCUT2D eigenvalue weighted by molar-refractivity contribution is 6.30. The minimum absolute atomic E-state index is 0.727. The minimum Gasteiger partial charge on any atom is -0.317 e. The molecule has 1 N–H and O–H groups in total. The summed E-state index contributed by atoms with van der Waals surface area (Å²) >= 11 is 6.06. The Morgan fingerprint density at radius 1 is 1.33 bits per heavy atom. The van der Waals surface area contributed by atoms with Gasteiger partial charge in [0.25, 0.3) is 0 Å². The van der Waals surface area contributed by atoms with Crippen LogP contribution >= 0.6 is 11.6 Å². The Morgan fingerprint density at radius 3 is 2.78 bits per heavy atom. The molecule has 18 heavy (non-hydrogen) atoms. The Labute approximate surface area is 115 Å². The van der Waals surface area contributed by atoms with Crippen LogP contribution in [0.5, 0.6) is 0 Å². The first-order chi connectivity index (χ1) is 8.79. The fourth-order valence-corrected chi connectivity index (χ4v) is 2.93. The maximum Gasteiger partial charge on any atom is 0.0409 e. The van der Waals surface area contributed by atoms with Crippen molar-refractivity contribution in [2.45, 2.75) is 38.8 Å². The number of rotatable bonds is 5. The topological polar surface area (TPSA) is 15.3 Å². The number of nitrogens with zero attached hydrogens (tertiary/aromatic N) is 1. The van der Waals surface area contributed by atoms with Crippen LogP contribution in [0.3, 0.4) is 0 Å². The van der Waals surface area contributed by atoms with E-state index in [1.807, 2.05) is 12.1 Å². The summed E-state index contributed by atoms with van der Waals surface area (Å²) in [4.78, 5) is 2.62. The van der Waals surface area contributed by atoms with Gasteiger partial charge in [0, 0.05) is 17.6 Å². The number of piperidine rings is 1. The first-order valence-electron chi connectivity index (χ1n) is 6.99. The van der Waals surface area contributed by atoms with Gasteiger partial charge in [0.2, 0.25) is 0 Å². The number of benzene rings is 1. The van der Waals surface area contributed by atoms with E-state index in [2.05, 4.69) is 29.3 Å². The second kappa shape index (κ2) is 7.13. The van der Waals surface area contributed by atoms with Gasteiger partial charge in [-0.15, -0.1) is 0 Å². The average Bonchev–Trinajstić information content (AvgIpc) is 2.39. The SMILES string of the molecule is CCCN(Cc1cccc(Cl)c1)C1CCNCC1. The summed E-state index contributed by atoms with van der Waals surface area (Å²) in [6.45, 7) is 6.77. The third-order valence-corrected chi connectivity index (χ3v) is 3.85. The Bertz CT molecular complexity index is 361. The maximum atomic E-state index is 6.06. The van der Waals surface area contributed by atoms with Crippen molar-refractivity contribution in [1.29, 1.82) is 0 Å². The van der Waals surface area contributed by atoms with Gasteiger partial charge in [-0.1, -0.05) is 30.7 Å². The van der Waals surface area contributed by atoms with Gasteiger partial charge < -0.3 is 5.32 Å². The zero-order valence-electron chi connectivity index (χ0n) is 11.2. The van der Waals surface area contributed by atoms with Crippen molar-refractivity contribution in [2.24, 2.45) is 0 Å². The Morgan fingerprint density at radius 2 is 2.11 bits per heavy atom. The van der Waals surface area contributed by atoms with E-state index in [1.165, 1.54) is 31.4 Å². The lowest BCUT2D eigenvalue weighted by Crippen LogP contribution is -2.43. The molecule has 1 aromatic rings. The van der Waals surface area contributed by atoms with E-state index in [1.54, 1.807) is 0 Å². The van der Waals surface area contributed by atoms with E-state index in [-0.39, 0.29) is 0 Å². The third kappa shape index (κ3) is 3.98. The van der Waals surface area contributed by atoms with Gasteiger partial charge in [-0.25, -0.2) is 0 Å². The molecule has 2 rings (SSSR count). The van der Waals surface area contributed by atoms with Crippen LogP contribution in [-0.4, -0.2) is 30.6 Å². The molecule has 1 aliphatic heterocycles. The summed E-state index contributed by atoms with van der Waals surface area (Å²) in [5.74, 6) is 0. The van der Waals surface area contributed by atoms with Gasteiger partial charge in [-0.05, 0) is 56.6 Å². The van der Waals surface area contributed by atoms with Crippen LogP contribution in [0.25, 0.3) is 0 Å². The molecule has 0 aromatic heterocycles. The van der Waals surface area contributed by atoms with Crippen molar-refractivity contribution in [3.63, 3.8) is 0 Å². The number of hydrogen-bond acceptors (Lipinski definition) is 2.